The standard InChI is InChI=1S/C11H20N2O4/c1-12-3-4-13(10-12)9-11(14)17-8-7-16-6-5-15-2/h3-4H,5-10H2,1-2H3. The molecule has 0 spiro atoms. The van der Waals surface area contributed by atoms with Gasteiger partial charge in [0.15, 0.2) is 0 Å². The molecule has 98 valence electrons. The first-order valence-corrected chi connectivity index (χ1v) is 5.57. The monoisotopic (exact) mass is 244 g/mol. The highest BCUT2D eigenvalue weighted by Crippen LogP contribution is 2.02. The van der Waals surface area contributed by atoms with E-state index in [2.05, 4.69) is 0 Å². The Bertz CT molecular complexity index is 258. The summed E-state index contributed by atoms with van der Waals surface area (Å²) >= 11 is 0. The average Bonchev–Trinajstić information content (AvgIpc) is 2.69. The largest absolute Gasteiger partial charge is 0.462 e. The molecular formula is C11H20N2O4. The second-order valence-corrected chi connectivity index (χ2v) is 3.77. The van der Waals surface area contributed by atoms with Crippen LogP contribution in [0.3, 0.4) is 0 Å². The third-order valence-corrected chi connectivity index (χ3v) is 2.19. The van der Waals surface area contributed by atoms with Gasteiger partial charge in [0.1, 0.15) is 13.2 Å². The van der Waals surface area contributed by atoms with Crippen LogP contribution in [0.5, 0.6) is 0 Å². The Kier molecular flexibility index (Phi) is 6.42. The van der Waals surface area contributed by atoms with Crippen LogP contribution >= 0.6 is 0 Å². The predicted molar refractivity (Wildman–Crippen MR) is 62.1 cm³/mol. The fourth-order valence-corrected chi connectivity index (χ4v) is 1.36. The van der Waals surface area contributed by atoms with Gasteiger partial charge in [0, 0.05) is 26.6 Å². The van der Waals surface area contributed by atoms with Gasteiger partial charge in [-0.15, -0.1) is 0 Å². The number of methoxy groups -OCH3 is 1. The van der Waals surface area contributed by atoms with E-state index in [-0.39, 0.29) is 19.1 Å². The van der Waals surface area contributed by atoms with Crippen molar-refractivity contribution in [2.75, 3.05) is 53.8 Å². The number of hydrogen-bond donors (Lipinski definition) is 0. The lowest BCUT2D eigenvalue weighted by atomic mass is 10.6. The Hall–Kier alpha value is -1.27. The summed E-state index contributed by atoms with van der Waals surface area (Å²) in [5.74, 6) is -0.236. The van der Waals surface area contributed by atoms with E-state index in [9.17, 15) is 4.79 Å². The van der Waals surface area contributed by atoms with Crippen molar-refractivity contribution in [3.8, 4) is 0 Å². The molecule has 0 N–H and O–H groups in total. The van der Waals surface area contributed by atoms with E-state index >= 15 is 0 Å². The summed E-state index contributed by atoms with van der Waals surface area (Å²) in [4.78, 5) is 15.3. The first kappa shape index (κ1) is 13.8. The number of ether oxygens (including phenoxy) is 3. The summed E-state index contributed by atoms with van der Waals surface area (Å²) in [5.41, 5.74) is 0. The summed E-state index contributed by atoms with van der Waals surface area (Å²) in [5, 5.41) is 0. The van der Waals surface area contributed by atoms with Gasteiger partial charge in [-0.05, 0) is 0 Å². The van der Waals surface area contributed by atoms with E-state index in [0.29, 0.717) is 19.8 Å². The Morgan fingerprint density at radius 3 is 2.65 bits per heavy atom. The Labute approximate surface area is 102 Å². The third-order valence-electron chi connectivity index (χ3n) is 2.19. The Morgan fingerprint density at radius 1 is 1.24 bits per heavy atom. The molecule has 0 aromatic heterocycles. The second-order valence-electron chi connectivity index (χ2n) is 3.77. The van der Waals surface area contributed by atoms with Crippen LogP contribution < -0.4 is 0 Å². The van der Waals surface area contributed by atoms with Gasteiger partial charge in [0.2, 0.25) is 0 Å². The molecule has 0 aromatic carbocycles. The molecule has 0 amide bonds. The van der Waals surface area contributed by atoms with Crippen molar-refractivity contribution < 1.29 is 19.0 Å². The van der Waals surface area contributed by atoms with Crippen molar-refractivity contribution in [2.24, 2.45) is 0 Å². The Balaban J connectivity index is 1.96. The molecule has 0 bridgehead atoms. The Morgan fingerprint density at radius 2 is 2.00 bits per heavy atom. The molecule has 1 aliphatic rings. The summed E-state index contributed by atoms with van der Waals surface area (Å²) in [6, 6.07) is 0. The molecule has 0 aromatic rings. The minimum absolute atomic E-state index is 0.236. The van der Waals surface area contributed by atoms with Crippen LogP contribution in [0, 0.1) is 0 Å². The van der Waals surface area contributed by atoms with Crippen LogP contribution in [0.4, 0.5) is 0 Å². The lowest BCUT2D eigenvalue weighted by molar-refractivity contribution is -0.146. The summed E-state index contributed by atoms with van der Waals surface area (Å²) in [7, 11) is 3.56. The van der Waals surface area contributed by atoms with Crippen molar-refractivity contribution in [3.63, 3.8) is 0 Å². The number of esters is 1. The van der Waals surface area contributed by atoms with E-state index < -0.39 is 0 Å². The highest BCUT2D eigenvalue weighted by Gasteiger charge is 2.13. The quantitative estimate of drug-likeness (QED) is 0.438. The van der Waals surface area contributed by atoms with Crippen molar-refractivity contribution in [1.82, 2.24) is 9.80 Å². The van der Waals surface area contributed by atoms with Crippen LogP contribution in [0.2, 0.25) is 0 Å². The number of hydrogen-bond acceptors (Lipinski definition) is 6. The molecule has 17 heavy (non-hydrogen) atoms. The van der Waals surface area contributed by atoms with Gasteiger partial charge >= 0.3 is 5.97 Å². The molecule has 0 saturated carbocycles. The smallest absolute Gasteiger partial charge is 0.325 e. The summed E-state index contributed by atoms with van der Waals surface area (Å²) in [6.07, 6.45) is 3.79. The van der Waals surface area contributed by atoms with Crippen LogP contribution in [0.25, 0.3) is 0 Å². The molecule has 6 heteroatoms. The van der Waals surface area contributed by atoms with E-state index in [1.165, 1.54) is 0 Å². The molecule has 6 nitrogen and oxygen atoms in total. The van der Waals surface area contributed by atoms with Gasteiger partial charge < -0.3 is 24.0 Å². The van der Waals surface area contributed by atoms with E-state index in [4.69, 9.17) is 14.2 Å². The summed E-state index contributed by atoms with van der Waals surface area (Å²) < 4.78 is 15.0. The maximum absolute atomic E-state index is 11.4. The highest BCUT2D eigenvalue weighted by atomic mass is 16.6. The van der Waals surface area contributed by atoms with Crippen LogP contribution in [0.15, 0.2) is 12.4 Å². The molecule has 0 aliphatic carbocycles. The average molecular weight is 244 g/mol. The van der Waals surface area contributed by atoms with Crippen molar-refractivity contribution in [2.45, 2.75) is 0 Å². The molecule has 0 saturated heterocycles. The van der Waals surface area contributed by atoms with Gasteiger partial charge in [0.25, 0.3) is 0 Å². The number of nitrogens with zero attached hydrogens (tertiary/aromatic N) is 2. The first-order chi connectivity index (χ1) is 8.22. The molecular weight excluding hydrogens is 224 g/mol. The zero-order valence-electron chi connectivity index (χ0n) is 10.4. The van der Waals surface area contributed by atoms with Gasteiger partial charge in [-0.25, -0.2) is 0 Å². The van der Waals surface area contributed by atoms with Crippen LogP contribution in [-0.4, -0.2) is 69.6 Å². The fraction of sp³-hybridized carbons (Fsp3) is 0.727. The zero-order valence-corrected chi connectivity index (χ0v) is 10.4. The van der Waals surface area contributed by atoms with Crippen molar-refractivity contribution >= 4 is 5.97 Å². The fourth-order valence-electron chi connectivity index (χ4n) is 1.36. The molecule has 0 unspecified atom stereocenters. The van der Waals surface area contributed by atoms with Crippen molar-refractivity contribution in [3.05, 3.63) is 12.4 Å². The third kappa shape index (κ3) is 6.13. The summed E-state index contributed by atoms with van der Waals surface area (Å²) in [6.45, 7) is 2.77. The molecule has 0 atom stereocenters. The number of carbonyl (C=O) groups excluding carboxylic acids is 1. The normalized spacial score (nSPS) is 14.5. The molecule has 0 fully saturated rings. The van der Waals surface area contributed by atoms with E-state index in [1.54, 1.807) is 7.11 Å². The first-order valence-electron chi connectivity index (χ1n) is 5.57. The van der Waals surface area contributed by atoms with Gasteiger partial charge in [-0.1, -0.05) is 0 Å². The van der Waals surface area contributed by atoms with Gasteiger partial charge in [-0.2, -0.15) is 0 Å². The van der Waals surface area contributed by atoms with E-state index in [0.717, 1.165) is 6.67 Å². The number of rotatable bonds is 8. The molecule has 1 rings (SSSR count). The lowest BCUT2D eigenvalue weighted by Gasteiger charge is -2.16. The highest BCUT2D eigenvalue weighted by molar-refractivity contribution is 5.71. The topological polar surface area (TPSA) is 51.2 Å². The van der Waals surface area contributed by atoms with Gasteiger partial charge in [0.05, 0.1) is 26.5 Å². The van der Waals surface area contributed by atoms with E-state index in [1.807, 2.05) is 29.2 Å². The van der Waals surface area contributed by atoms with Crippen LogP contribution in [-0.2, 0) is 19.0 Å². The maximum Gasteiger partial charge on any atom is 0.325 e. The van der Waals surface area contributed by atoms with Crippen molar-refractivity contribution in [1.29, 1.82) is 0 Å². The second kappa shape index (κ2) is 7.92. The van der Waals surface area contributed by atoms with Gasteiger partial charge in [-0.3, -0.25) is 4.79 Å². The predicted octanol–water partition coefficient (Wildman–Crippen LogP) is -0.131. The zero-order chi connectivity index (χ0) is 12.5. The van der Waals surface area contributed by atoms with Crippen LogP contribution in [0.1, 0.15) is 0 Å². The lowest BCUT2D eigenvalue weighted by Crippen LogP contribution is -2.29. The minimum Gasteiger partial charge on any atom is -0.462 e. The number of carbonyl (C=O) groups is 1. The minimum atomic E-state index is -0.236. The molecule has 1 aliphatic heterocycles. The SMILES string of the molecule is COCCOCCOC(=O)CN1C=CN(C)C1. The molecule has 1 heterocycles. The maximum atomic E-state index is 11.4. The molecule has 0 radical (unpaired) electrons.